The van der Waals surface area contributed by atoms with Crippen molar-refractivity contribution in [3.63, 3.8) is 0 Å². The van der Waals surface area contributed by atoms with Crippen molar-refractivity contribution < 1.29 is 13.9 Å². The van der Waals surface area contributed by atoms with Crippen molar-refractivity contribution in [2.75, 3.05) is 7.11 Å². The van der Waals surface area contributed by atoms with Gasteiger partial charge in [0, 0.05) is 10.0 Å². The summed E-state index contributed by atoms with van der Waals surface area (Å²) >= 11 is 3.38. The number of furan rings is 1. The van der Waals surface area contributed by atoms with E-state index in [0.717, 1.165) is 10.0 Å². The number of methoxy groups -OCH3 is 1. The zero-order valence-corrected chi connectivity index (χ0v) is 14.1. The van der Waals surface area contributed by atoms with Gasteiger partial charge in [0.2, 0.25) is 5.82 Å². The van der Waals surface area contributed by atoms with Gasteiger partial charge in [0.1, 0.15) is 23.6 Å². The molecule has 0 aliphatic carbocycles. The number of halogens is 1. The molecule has 2 aromatic heterocycles. The van der Waals surface area contributed by atoms with Gasteiger partial charge in [0.05, 0.1) is 7.11 Å². The van der Waals surface area contributed by atoms with Gasteiger partial charge in [0.15, 0.2) is 0 Å². The van der Waals surface area contributed by atoms with Crippen molar-refractivity contribution in [2.45, 2.75) is 13.5 Å². The molecule has 8 heteroatoms. The maximum Gasteiger partial charge on any atom is 0.341 e. The number of ether oxygens (including phenoxy) is 1. The zero-order valence-electron chi connectivity index (χ0n) is 12.5. The molecule has 0 bridgehead atoms. The van der Waals surface area contributed by atoms with Gasteiger partial charge in [-0.3, -0.25) is 0 Å². The Labute approximate surface area is 140 Å². The summed E-state index contributed by atoms with van der Waals surface area (Å²) in [6.07, 6.45) is 0. The molecule has 0 saturated carbocycles. The second-order valence-electron chi connectivity index (χ2n) is 4.82. The standard InChI is InChI=1S/C15H13BrN4O3/c1-9-13(15(21)22-2)7-12(23-9)8-20-18-14(17-19-20)10-3-5-11(16)6-4-10/h3-7H,8H2,1-2H3. The van der Waals surface area contributed by atoms with E-state index < -0.39 is 5.97 Å². The second-order valence-corrected chi connectivity index (χ2v) is 5.74. The molecule has 0 fully saturated rings. The molecule has 0 saturated heterocycles. The fourth-order valence-electron chi connectivity index (χ4n) is 2.10. The fourth-order valence-corrected chi connectivity index (χ4v) is 2.36. The lowest BCUT2D eigenvalue weighted by atomic mass is 10.2. The van der Waals surface area contributed by atoms with Gasteiger partial charge in [-0.25, -0.2) is 4.79 Å². The first-order chi connectivity index (χ1) is 11.1. The van der Waals surface area contributed by atoms with Crippen LogP contribution in [0.2, 0.25) is 0 Å². The molecule has 2 heterocycles. The summed E-state index contributed by atoms with van der Waals surface area (Å²) in [5.74, 6) is 1.15. The molecule has 23 heavy (non-hydrogen) atoms. The zero-order chi connectivity index (χ0) is 16.4. The van der Waals surface area contributed by atoms with Crippen LogP contribution in [0.3, 0.4) is 0 Å². The van der Waals surface area contributed by atoms with Gasteiger partial charge in [0.25, 0.3) is 0 Å². The number of carbonyl (C=O) groups excluding carboxylic acids is 1. The molecular weight excluding hydrogens is 364 g/mol. The Balaban J connectivity index is 1.79. The number of aromatic nitrogens is 4. The van der Waals surface area contributed by atoms with Crippen LogP contribution in [-0.4, -0.2) is 33.3 Å². The molecule has 1 aromatic carbocycles. The van der Waals surface area contributed by atoms with Crippen LogP contribution in [0.1, 0.15) is 21.9 Å². The number of benzene rings is 1. The summed E-state index contributed by atoms with van der Waals surface area (Å²) in [5.41, 5.74) is 1.26. The Hall–Kier alpha value is -2.48. The first-order valence-electron chi connectivity index (χ1n) is 6.78. The van der Waals surface area contributed by atoms with E-state index >= 15 is 0 Å². The van der Waals surface area contributed by atoms with E-state index in [9.17, 15) is 4.79 Å². The Bertz CT molecular complexity index is 839. The lowest BCUT2D eigenvalue weighted by Gasteiger charge is -1.95. The highest BCUT2D eigenvalue weighted by Crippen LogP contribution is 2.19. The van der Waals surface area contributed by atoms with Gasteiger partial charge >= 0.3 is 5.97 Å². The van der Waals surface area contributed by atoms with E-state index in [1.807, 2.05) is 24.3 Å². The van der Waals surface area contributed by atoms with Crippen molar-refractivity contribution in [1.29, 1.82) is 0 Å². The Morgan fingerprint density at radius 1 is 1.35 bits per heavy atom. The van der Waals surface area contributed by atoms with Crippen molar-refractivity contribution in [2.24, 2.45) is 0 Å². The fraction of sp³-hybridized carbons (Fsp3) is 0.200. The van der Waals surface area contributed by atoms with E-state index in [-0.39, 0.29) is 6.54 Å². The number of tetrazole rings is 1. The van der Waals surface area contributed by atoms with Crippen LogP contribution in [0.25, 0.3) is 11.4 Å². The first kappa shape index (κ1) is 15.4. The lowest BCUT2D eigenvalue weighted by molar-refractivity contribution is 0.0599. The van der Waals surface area contributed by atoms with E-state index in [0.29, 0.717) is 22.9 Å². The molecule has 0 N–H and O–H groups in total. The number of hydrogen-bond donors (Lipinski definition) is 0. The van der Waals surface area contributed by atoms with Gasteiger partial charge < -0.3 is 9.15 Å². The predicted octanol–water partition coefficient (Wildman–Crippen LogP) is 2.84. The van der Waals surface area contributed by atoms with Crippen LogP contribution in [0, 0.1) is 6.92 Å². The normalized spacial score (nSPS) is 10.7. The van der Waals surface area contributed by atoms with E-state index in [1.54, 1.807) is 13.0 Å². The van der Waals surface area contributed by atoms with Crippen LogP contribution in [0.4, 0.5) is 0 Å². The van der Waals surface area contributed by atoms with Crippen LogP contribution >= 0.6 is 15.9 Å². The topological polar surface area (TPSA) is 83.0 Å². The molecule has 0 spiro atoms. The van der Waals surface area contributed by atoms with Crippen LogP contribution in [0.5, 0.6) is 0 Å². The molecule has 0 aliphatic heterocycles. The highest BCUT2D eigenvalue weighted by atomic mass is 79.9. The van der Waals surface area contributed by atoms with Crippen LogP contribution in [-0.2, 0) is 11.3 Å². The first-order valence-corrected chi connectivity index (χ1v) is 7.57. The number of hydrogen-bond acceptors (Lipinski definition) is 6. The third-order valence-electron chi connectivity index (χ3n) is 3.23. The molecule has 0 radical (unpaired) electrons. The van der Waals surface area contributed by atoms with Crippen molar-refractivity contribution >= 4 is 21.9 Å². The number of rotatable bonds is 4. The van der Waals surface area contributed by atoms with E-state index in [2.05, 4.69) is 31.3 Å². The average molecular weight is 377 g/mol. The van der Waals surface area contributed by atoms with Crippen LogP contribution < -0.4 is 0 Å². The summed E-state index contributed by atoms with van der Waals surface area (Å²) in [6, 6.07) is 9.25. The SMILES string of the molecule is COC(=O)c1cc(Cn2nnc(-c3ccc(Br)cc3)n2)oc1C. The number of carbonyl (C=O) groups is 1. The molecule has 0 unspecified atom stereocenters. The summed E-state index contributed by atoms with van der Waals surface area (Å²) in [7, 11) is 1.33. The van der Waals surface area contributed by atoms with E-state index in [1.165, 1.54) is 11.9 Å². The maximum atomic E-state index is 11.6. The minimum Gasteiger partial charge on any atom is -0.465 e. The van der Waals surface area contributed by atoms with Crippen molar-refractivity contribution in [3.8, 4) is 11.4 Å². The summed E-state index contributed by atoms with van der Waals surface area (Å²) in [4.78, 5) is 13.0. The van der Waals surface area contributed by atoms with Gasteiger partial charge in [-0.1, -0.05) is 15.9 Å². The molecule has 3 aromatic rings. The number of nitrogens with zero attached hydrogens (tertiary/aromatic N) is 4. The molecule has 118 valence electrons. The number of esters is 1. The smallest absolute Gasteiger partial charge is 0.341 e. The second kappa shape index (κ2) is 6.33. The monoisotopic (exact) mass is 376 g/mol. The largest absolute Gasteiger partial charge is 0.465 e. The Kier molecular flexibility index (Phi) is 4.24. The minimum atomic E-state index is -0.431. The molecule has 0 aliphatic rings. The maximum absolute atomic E-state index is 11.6. The quantitative estimate of drug-likeness (QED) is 0.651. The predicted molar refractivity (Wildman–Crippen MR) is 84.8 cm³/mol. The van der Waals surface area contributed by atoms with Crippen LogP contribution in [0.15, 0.2) is 39.2 Å². The van der Waals surface area contributed by atoms with Crippen molar-refractivity contribution in [3.05, 3.63) is 51.9 Å². The Morgan fingerprint density at radius 3 is 2.78 bits per heavy atom. The van der Waals surface area contributed by atoms with Gasteiger partial charge in [-0.2, -0.15) is 4.80 Å². The number of aryl methyl sites for hydroxylation is 1. The van der Waals surface area contributed by atoms with Gasteiger partial charge in [-0.05, 0) is 42.5 Å². The Morgan fingerprint density at radius 2 is 2.09 bits per heavy atom. The minimum absolute atomic E-state index is 0.279. The van der Waals surface area contributed by atoms with Crippen molar-refractivity contribution in [1.82, 2.24) is 20.2 Å². The average Bonchev–Trinajstić information content (AvgIpc) is 3.14. The summed E-state index contributed by atoms with van der Waals surface area (Å²) in [6.45, 7) is 1.99. The summed E-state index contributed by atoms with van der Waals surface area (Å²) < 4.78 is 11.2. The molecule has 0 atom stereocenters. The highest BCUT2D eigenvalue weighted by molar-refractivity contribution is 9.10. The third-order valence-corrected chi connectivity index (χ3v) is 3.76. The molecule has 0 amide bonds. The van der Waals surface area contributed by atoms with E-state index in [4.69, 9.17) is 9.15 Å². The molecular formula is C15H13BrN4O3. The third kappa shape index (κ3) is 3.31. The lowest BCUT2D eigenvalue weighted by Crippen LogP contribution is -2.03. The highest BCUT2D eigenvalue weighted by Gasteiger charge is 2.16. The molecule has 3 rings (SSSR count). The summed E-state index contributed by atoms with van der Waals surface area (Å²) in [5, 5.41) is 12.3. The van der Waals surface area contributed by atoms with Gasteiger partial charge in [-0.15, -0.1) is 10.2 Å². The molecule has 7 nitrogen and oxygen atoms in total.